The smallest absolute Gasteiger partial charge is 0.242 e. The monoisotopic (exact) mass is 402 g/mol. The van der Waals surface area contributed by atoms with Crippen LogP contribution in [0, 0.1) is 0 Å². The van der Waals surface area contributed by atoms with Crippen molar-refractivity contribution in [1.29, 1.82) is 0 Å². The number of benzene rings is 2. The van der Waals surface area contributed by atoms with Crippen molar-refractivity contribution in [1.82, 2.24) is 4.31 Å². The number of rotatable bonds is 5. The normalized spacial score (nSPS) is 11.7. The molecule has 0 amide bonds. The molecule has 22 heavy (non-hydrogen) atoms. The molecule has 7 heteroatoms. The minimum atomic E-state index is -3.42. The van der Waals surface area contributed by atoms with Crippen LogP contribution in [0.3, 0.4) is 0 Å². The van der Waals surface area contributed by atoms with Gasteiger partial charge in [0, 0.05) is 25.1 Å². The van der Waals surface area contributed by atoms with Crippen LogP contribution >= 0.6 is 27.5 Å². The summed E-state index contributed by atoms with van der Waals surface area (Å²) in [5.41, 5.74) is 1.66. The maximum absolute atomic E-state index is 12.1. The second kappa shape index (κ2) is 7.00. The fraction of sp³-hybridized carbons (Fsp3) is 0.200. The Morgan fingerprint density at radius 2 is 1.91 bits per heavy atom. The highest BCUT2D eigenvalue weighted by atomic mass is 79.9. The molecule has 0 aromatic heterocycles. The van der Waals surface area contributed by atoms with Crippen molar-refractivity contribution in [3.63, 3.8) is 0 Å². The maximum Gasteiger partial charge on any atom is 0.242 e. The highest BCUT2D eigenvalue weighted by Gasteiger charge is 2.17. The molecule has 0 fully saturated rings. The molecule has 2 aromatic rings. The highest BCUT2D eigenvalue weighted by molar-refractivity contribution is 9.10. The van der Waals surface area contributed by atoms with Gasteiger partial charge >= 0.3 is 0 Å². The van der Waals surface area contributed by atoms with Gasteiger partial charge in [0.2, 0.25) is 10.0 Å². The Morgan fingerprint density at radius 1 is 1.18 bits per heavy atom. The van der Waals surface area contributed by atoms with Crippen LogP contribution in [0.25, 0.3) is 0 Å². The Kier molecular flexibility index (Phi) is 5.50. The molecular weight excluding hydrogens is 388 g/mol. The molecule has 0 atom stereocenters. The largest absolute Gasteiger partial charge is 0.380 e. The predicted molar refractivity (Wildman–Crippen MR) is 93.8 cm³/mol. The summed E-state index contributed by atoms with van der Waals surface area (Å²) in [6, 6.07) is 12.4. The standard InChI is InChI=1S/C15H16BrClN2O2S/c1-19(2)22(20,21)13-5-3-4-11(8-13)10-18-15-7-6-12(16)9-14(15)17/h3-9,18H,10H2,1-2H3. The van der Waals surface area contributed by atoms with E-state index >= 15 is 0 Å². The number of sulfonamides is 1. The van der Waals surface area contributed by atoms with E-state index in [-0.39, 0.29) is 4.90 Å². The van der Waals surface area contributed by atoms with Crippen LogP contribution in [0.15, 0.2) is 51.8 Å². The minimum absolute atomic E-state index is 0.277. The first-order valence-corrected chi connectivity index (χ1v) is 9.12. The molecule has 0 spiro atoms. The van der Waals surface area contributed by atoms with Crippen molar-refractivity contribution >= 4 is 43.2 Å². The van der Waals surface area contributed by atoms with Gasteiger partial charge in [0.1, 0.15) is 0 Å². The number of halogens is 2. The molecule has 1 N–H and O–H groups in total. The lowest BCUT2D eigenvalue weighted by Gasteiger charge is -2.13. The third kappa shape index (κ3) is 4.01. The highest BCUT2D eigenvalue weighted by Crippen LogP contribution is 2.26. The van der Waals surface area contributed by atoms with Gasteiger partial charge in [-0.2, -0.15) is 0 Å². The molecule has 118 valence electrons. The number of nitrogens with zero attached hydrogens (tertiary/aromatic N) is 1. The van der Waals surface area contributed by atoms with Gasteiger partial charge in [-0.1, -0.05) is 39.7 Å². The van der Waals surface area contributed by atoms with Crippen LogP contribution in [0.2, 0.25) is 5.02 Å². The van der Waals surface area contributed by atoms with E-state index in [2.05, 4.69) is 21.2 Å². The number of hydrogen-bond acceptors (Lipinski definition) is 3. The predicted octanol–water partition coefficient (Wildman–Crippen LogP) is 3.96. The molecule has 0 unspecified atom stereocenters. The number of anilines is 1. The van der Waals surface area contributed by atoms with Crippen LogP contribution in [0.1, 0.15) is 5.56 Å². The Balaban J connectivity index is 2.18. The van der Waals surface area contributed by atoms with Crippen LogP contribution in [-0.4, -0.2) is 26.8 Å². The van der Waals surface area contributed by atoms with Crippen molar-refractivity contribution in [2.75, 3.05) is 19.4 Å². The summed E-state index contributed by atoms with van der Waals surface area (Å²) < 4.78 is 26.4. The molecule has 0 saturated carbocycles. The Bertz CT molecular complexity index is 779. The summed E-state index contributed by atoms with van der Waals surface area (Å²) in [6.45, 7) is 0.484. The zero-order valence-corrected chi connectivity index (χ0v) is 15.3. The summed E-state index contributed by atoms with van der Waals surface area (Å²) in [7, 11) is -0.391. The molecule has 0 heterocycles. The summed E-state index contributed by atoms with van der Waals surface area (Å²) in [5.74, 6) is 0. The van der Waals surface area contributed by atoms with Crippen LogP contribution in [0.4, 0.5) is 5.69 Å². The van der Waals surface area contributed by atoms with E-state index in [1.807, 2.05) is 18.2 Å². The lowest BCUT2D eigenvalue weighted by atomic mass is 10.2. The SMILES string of the molecule is CN(C)S(=O)(=O)c1cccc(CNc2ccc(Br)cc2Cl)c1. The van der Waals surface area contributed by atoms with E-state index in [1.54, 1.807) is 24.3 Å². The second-order valence-electron chi connectivity index (χ2n) is 4.91. The minimum Gasteiger partial charge on any atom is -0.380 e. The van der Waals surface area contributed by atoms with Gasteiger partial charge in [-0.25, -0.2) is 12.7 Å². The zero-order chi connectivity index (χ0) is 16.3. The Labute approximate surface area is 144 Å². The molecular formula is C15H16BrClN2O2S. The van der Waals surface area contributed by atoms with E-state index in [0.29, 0.717) is 11.6 Å². The van der Waals surface area contributed by atoms with Crippen LogP contribution in [0.5, 0.6) is 0 Å². The fourth-order valence-corrected chi connectivity index (χ4v) is 3.57. The first-order valence-electron chi connectivity index (χ1n) is 6.51. The van der Waals surface area contributed by atoms with E-state index in [4.69, 9.17) is 11.6 Å². The molecule has 0 saturated heterocycles. The van der Waals surface area contributed by atoms with Gasteiger partial charge in [0.25, 0.3) is 0 Å². The van der Waals surface area contributed by atoms with E-state index in [0.717, 1.165) is 15.7 Å². The van der Waals surface area contributed by atoms with Gasteiger partial charge < -0.3 is 5.32 Å². The summed E-state index contributed by atoms with van der Waals surface area (Å²) in [6.07, 6.45) is 0. The van der Waals surface area contributed by atoms with Gasteiger partial charge in [0.15, 0.2) is 0 Å². The summed E-state index contributed by atoms with van der Waals surface area (Å²) in [5, 5.41) is 3.81. The van der Waals surface area contributed by atoms with Crippen LogP contribution in [-0.2, 0) is 16.6 Å². The number of hydrogen-bond donors (Lipinski definition) is 1. The molecule has 4 nitrogen and oxygen atoms in total. The molecule has 0 radical (unpaired) electrons. The Morgan fingerprint density at radius 3 is 2.55 bits per heavy atom. The van der Waals surface area contributed by atoms with Gasteiger partial charge in [-0.15, -0.1) is 0 Å². The first-order chi connectivity index (χ1) is 10.3. The molecule has 0 bridgehead atoms. The maximum atomic E-state index is 12.1. The third-order valence-corrected chi connectivity index (χ3v) is 5.71. The van der Waals surface area contributed by atoms with Gasteiger partial charge in [-0.3, -0.25) is 0 Å². The third-order valence-electron chi connectivity index (χ3n) is 3.09. The summed E-state index contributed by atoms with van der Waals surface area (Å²) >= 11 is 9.50. The van der Waals surface area contributed by atoms with Crippen molar-refractivity contribution in [3.05, 3.63) is 57.5 Å². The van der Waals surface area contributed by atoms with Gasteiger partial charge in [0.05, 0.1) is 15.6 Å². The van der Waals surface area contributed by atoms with Crippen molar-refractivity contribution in [2.24, 2.45) is 0 Å². The second-order valence-corrected chi connectivity index (χ2v) is 8.39. The first kappa shape index (κ1) is 17.3. The molecule has 0 aliphatic heterocycles. The van der Waals surface area contributed by atoms with Gasteiger partial charge in [-0.05, 0) is 35.9 Å². The topological polar surface area (TPSA) is 49.4 Å². The zero-order valence-electron chi connectivity index (χ0n) is 12.2. The Hall–Kier alpha value is -1.08. The quantitative estimate of drug-likeness (QED) is 0.822. The molecule has 0 aliphatic rings. The van der Waals surface area contributed by atoms with Crippen LogP contribution < -0.4 is 5.32 Å². The van der Waals surface area contributed by atoms with Crippen molar-refractivity contribution in [3.8, 4) is 0 Å². The molecule has 2 aromatic carbocycles. The van der Waals surface area contributed by atoms with Crippen molar-refractivity contribution in [2.45, 2.75) is 11.4 Å². The lowest BCUT2D eigenvalue weighted by Crippen LogP contribution is -2.22. The van der Waals surface area contributed by atoms with Crippen molar-refractivity contribution < 1.29 is 8.42 Å². The summed E-state index contributed by atoms with van der Waals surface area (Å²) in [4.78, 5) is 0.277. The lowest BCUT2D eigenvalue weighted by molar-refractivity contribution is 0.520. The average Bonchev–Trinajstić information content (AvgIpc) is 2.46. The molecule has 0 aliphatic carbocycles. The number of nitrogens with one attached hydrogen (secondary N) is 1. The average molecular weight is 404 g/mol. The van der Waals surface area contributed by atoms with E-state index in [9.17, 15) is 8.42 Å². The molecule has 2 rings (SSSR count). The van der Waals surface area contributed by atoms with E-state index in [1.165, 1.54) is 18.4 Å². The fourth-order valence-electron chi connectivity index (χ4n) is 1.86. The van der Waals surface area contributed by atoms with E-state index < -0.39 is 10.0 Å².